The Morgan fingerprint density at radius 2 is 2.09 bits per heavy atom. The van der Waals surface area contributed by atoms with Gasteiger partial charge in [0.1, 0.15) is 5.82 Å². The summed E-state index contributed by atoms with van der Waals surface area (Å²) in [6, 6.07) is 2.80. The molecule has 1 aliphatic heterocycles. The molecular formula is C17H18F3N5O5S2. The largest absolute Gasteiger partial charge is 0.355 e. The molecule has 0 unspecified atom stereocenters. The number of amides is 1. The number of carbonyl (C=O) groups excluding carboxylic acids is 1. The molecule has 3 rings (SSSR count). The fourth-order valence-corrected chi connectivity index (χ4v) is 5.24. The normalized spacial score (nSPS) is 16.1. The van der Waals surface area contributed by atoms with Crippen molar-refractivity contribution in [2.45, 2.75) is 17.9 Å². The number of alkyl halides is 2. The number of thioether (sulfide) groups is 1. The molecule has 174 valence electrons. The van der Waals surface area contributed by atoms with E-state index in [9.17, 15) is 31.6 Å². The van der Waals surface area contributed by atoms with Gasteiger partial charge in [-0.2, -0.15) is 0 Å². The summed E-state index contributed by atoms with van der Waals surface area (Å²) in [6.07, 6.45) is -2.91. The number of nitrogens with one attached hydrogen (secondary N) is 2. The Kier molecular flexibility index (Phi) is 7.73. The Hall–Kier alpha value is -2.65. The topological polar surface area (TPSA) is 147 Å². The fraction of sp³-hybridized carbons (Fsp3) is 0.412. The number of aromatic nitrogens is 2. The number of rotatable bonds is 9. The first-order valence-corrected chi connectivity index (χ1v) is 12.0. The second-order valence-corrected chi connectivity index (χ2v) is 10.1. The standard InChI is InChI=1S/C17H18F3N5O5S2/c18-12-2-1-10(6-11(12)15(19)20)22-16(23-27)14-17(25-30-24-14)31-4-3-21-13(26)5-9-7-32(28,29)8-9/h1-2,6,9,15,27H,3-5,7-8H2,(H,21,26)(H,22,23). The van der Waals surface area contributed by atoms with Crippen LogP contribution in [0.5, 0.6) is 0 Å². The number of carbonyl (C=O) groups is 1. The fourth-order valence-electron chi connectivity index (χ4n) is 2.91. The van der Waals surface area contributed by atoms with Gasteiger partial charge in [0, 0.05) is 18.7 Å². The lowest BCUT2D eigenvalue weighted by atomic mass is 10.1. The summed E-state index contributed by atoms with van der Waals surface area (Å²) >= 11 is 1.11. The predicted molar refractivity (Wildman–Crippen MR) is 107 cm³/mol. The molecule has 0 bridgehead atoms. The third-order valence-electron chi connectivity index (χ3n) is 4.36. The Morgan fingerprint density at radius 3 is 2.75 bits per heavy atom. The molecule has 15 heteroatoms. The van der Waals surface area contributed by atoms with E-state index in [4.69, 9.17) is 0 Å². The molecule has 1 saturated heterocycles. The maximum absolute atomic E-state index is 13.4. The number of aliphatic imine (C=N–C) groups is 1. The number of hydrogen-bond donors (Lipinski definition) is 3. The van der Waals surface area contributed by atoms with Crippen LogP contribution in [-0.4, -0.2) is 59.5 Å². The van der Waals surface area contributed by atoms with Gasteiger partial charge in [-0.1, -0.05) is 11.8 Å². The second kappa shape index (κ2) is 10.3. The van der Waals surface area contributed by atoms with Crippen molar-refractivity contribution in [3.63, 3.8) is 0 Å². The molecule has 3 N–H and O–H groups in total. The third-order valence-corrected chi connectivity index (χ3v) is 7.27. The summed E-state index contributed by atoms with van der Waals surface area (Å²) in [5.41, 5.74) is 0.850. The number of sulfone groups is 1. The van der Waals surface area contributed by atoms with Crippen molar-refractivity contribution in [3.8, 4) is 0 Å². The van der Waals surface area contributed by atoms with Gasteiger partial charge < -0.3 is 5.32 Å². The Balaban J connectivity index is 1.57. The van der Waals surface area contributed by atoms with E-state index in [1.54, 1.807) is 5.48 Å². The van der Waals surface area contributed by atoms with Gasteiger partial charge in [-0.3, -0.25) is 15.5 Å². The molecule has 0 atom stereocenters. The van der Waals surface area contributed by atoms with Crippen molar-refractivity contribution in [1.82, 2.24) is 21.1 Å². The highest BCUT2D eigenvalue weighted by Crippen LogP contribution is 2.27. The van der Waals surface area contributed by atoms with Crippen molar-refractivity contribution in [2.24, 2.45) is 10.9 Å². The van der Waals surface area contributed by atoms with E-state index in [1.165, 1.54) is 0 Å². The third kappa shape index (κ3) is 6.20. The monoisotopic (exact) mass is 493 g/mol. The summed E-state index contributed by atoms with van der Waals surface area (Å²) in [7, 11) is -2.98. The van der Waals surface area contributed by atoms with E-state index in [1.807, 2.05) is 0 Å². The molecule has 10 nitrogen and oxygen atoms in total. The van der Waals surface area contributed by atoms with Crippen LogP contribution in [0.3, 0.4) is 0 Å². The lowest BCUT2D eigenvalue weighted by molar-refractivity contribution is -0.121. The van der Waals surface area contributed by atoms with Crippen LogP contribution in [0.25, 0.3) is 0 Å². The van der Waals surface area contributed by atoms with Gasteiger partial charge in [0.2, 0.25) is 5.91 Å². The van der Waals surface area contributed by atoms with Crippen LogP contribution < -0.4 is 10.8 Å². The van der Waals surface area contributed by atoms with Gasteiger partial charge in [-0.15, -0.1) is 0 Å². The molecule has 1 amide bonds. The molecule has 1 aromatic carbocycles. The van der Waals surface area contributed by atoms with E-state index < -0.39 is 27.6 Å². The average Bonchev–Trinajstić information content (AvgIpc) is 3.17. The highest BCUT2D eigenvalue weighted by Gasteiger charge is 2.34. The van der Waals surface area contributed by atoms with E-state index in [-0.39, 0.29) is 58.5 Å². The molecule has 0 aliphatic carbocycles. The van der Waals surface area contributed by atoms with Crippen molar-refractivity contribution in [1.29, 1.82) is 0 Å². The van der Waals surface area contributed by atoms with E-state index in [0.29, 0.717) is 5.75 Å². The minimum Gasteiger partial charge on any atom is -0.355 e. The molecule has 2 aromatic rings. The van der Waals surface area contributed by atoms with Crippen LogP contribution in [0.4, 0.5) is 18.9 Å². The molecule has 1 aromatic heterocycles. The highest BCUT2D eigenvalue weighted by molar-refractivity contribution is 7.99. The number of amidine groups is 1. The molecule has 1 aliphatic rings. The van der Waals surface area contributed by atoms with Gasteiger partial charge >= 0.3 is 0 Å². The Morgan fingerprint density at radius 1 is 1.34 bits per heavy atom. The average molecular weight is 493 g/mol. The summed E-state index contributed by atoms with van der Waals surface area (Å²) < 4.78 is 66.1. The van der Waals surface area contributed by atoms with Gasteiger partial charge in [-0.25, -0.2) is 31.2 Å². The number of hydroxylamine groups is 1. The number of hydrogen-bond acceptors (Lipinski definition) is 9. The number of halogens is 3. The van der Waals surface area contributed by atoms with Gasteiger partial charge in [0.05, 0.1) is 22.8 Å². The quantitative estimate of drug-likeness (QED) is 0.157. The maximum Gasteiger partial charge on any atom is 0.266 e. The van der Waals surface area contributed by atoms with Crippen molar-refractivity contribution in [2.75, 3.05) is 23.8 Å². The highest BCUT2D eigenvalue weighted by atomic mass is 32.2. The van der Waals surface area contributed by atoms with E-state index >= 15 is 0 Å². The van der Waals surface area contributed by atoms with Crippen LogP contribution >= 0.6 is 11.8 Å². The van der Waals surface area contributed by atoms with Crippen LogP contribution in [0, 0.1) is 11.7 Å². The van der Waals surface area contributed by atoms with Gasteiger partial charge in [-0.05, 0) is 34.4 Å². The van der Waals surface area contributed by atoms with Gasteiger partial charge in [0.25, 0.3) is 6.43 Å². The molecule has 0 radical (unpaired) electrons. The zero-order chi connectivity index (χ0) is 23.3. The molecule has 1 fully saturated rings. The number of nitrogens with zero attached hydrogens (tertiary/aromatic N) is 3. The molecule has 2 heterocycles. The summed E-state index contributed by atoms with van der Waals surface area (Å²) in [5.74, 6) is -1.41. The molecular weight excluding hydrogens is 475 g/mol. The van der Waals surface area contributed by atoms with E-state index in [2.05, 4.69) is 25.3 Å². The number of benzene rings is 1. The molecule has 32 heavy (non-hydrogen) atoms. The lowest BCUT2D eigenvalue weighted by Gasteiger charge is -2.24. The zero-order valence-electron chi connectivity index (χ0n) is 16.3. The molecule has 0 saturated carbocycles. The zero-order valence-corrected chi connectivity index (χ0v) is 17.9. The van der Waals surface area contributed by atoms with Crippen molar-refractivity contribution in [3.05, 3.63) is 35.3 Å². The lowest BCUT2D eigenvalue weighted by Crippen LogP contribution is -2.40. The maximum atomic E-state index is 13.4. The van der Waals surface area contributed by atoms with Crippen LogP contribution in [0.15, 0.2) is 32.8 Å². The summed E-state index contributed by atoms with van der Waals surface area (Å²) in [5, 5.41) is 19.5. The van der Waals surface area contributed by atoms with Crippen LogP contribution in [0.2, 0.25) is 0 Å². The van der Waals surface area contributed by atoms with Crippen LogP contribution in [0.1, 0.15) is 24.1 Å². The first-order chi connectivity index (χ1) is 15.2. The minimum absolute atomic E-state index is 0.0201. The van der Waals surface area contributed by atoms with Gasteiger partial charge in [0.15, 0.2) is 26.4 Å². The van der Waals surface area contributed by atoms with E-state index in [0.717, 1.165) is 30.0 Å². The Labute approximate surface area is 184 Å². The second-order valence-electron chi connectivity index (χ2n) is 6.84. The minimum atomic E-state index is -3.04. The Bertz CT molecular complexity index is 1100. The van der Waals surface area contributed by atoms with Crippen molar-refractivity contribution >= 4 is 39.0 Å². The first kappa shape index (κ1) is 24.0. The van der Waals surface area contributed by atoms with Crippen LogP contribution in [-0.2, 0) is 14.6 Å². The summed E-state index contributed by atoms with van der Waals surface area (Å²) in [6.45, 7) is 0.240. The molecule has 0 spiro atoms. The first-order valence-electron chi connectivity index (χ1n) is 9.17. The van der Waals surface area contributed by atoms with Crippen molar-refractivity contribution < 1.29 is 36.2 Å². The smallest absolute Gasteiger partial charge is 0.266 e. The summed E-state index contributed by atoms with van der Waals surface area (Å²) in [4.78, 5) is 15.8. The SMILES string of the molecule is O=C(CC1CS(=O)(=O)C1)NCCSc1nonc1C(=Nc1ccc(F)c(C(F)F)c1)NO. The predicted octanol–water partition coefficient (Wildman–Crippen LogP) is 1.85.